The number of ether oxygens (including phenoxy) is 1. The molecule has 2 heterocycles. The van der Waals surface area contributed by atoms with Crippen LogP contribution in [0.15, 0.2) is 18.2 Å². The van der Waals surface area contributed by atoms with Gasteiger partial charge in [0.1, 0.15) is 12.1 Å². The lowest BCUT2D eigenvalue weighted by Gasteiger charge is -2.29. The van der Waals surface area contributed by atoms with E-state index in [0.717, 1.165) is 29.4 Å². The summed E-state index contributed by atoms with van der Waals surface area (Å²) in [5.41, 5.74) is 1.41. The number of esters is 1. The topological polar surface area (TPSA) is 49.9 Å². The van der Waals surface area contributed by atoms with Gasteiger partial charge >= 0.3 is 5.97 Å². The van der Waals surface area contributed by atoms with Crippen molar-refractivity contribution in [3.63, 3.8) is 0 Å². The molecule has 3 rings (SSSR count). The zero-order valence-corrected chi connectivity index (χ0v) is 17.4. The molecule has 0 unspecified atom stereocenters. The minimum Gasteiger partial charge on any atom is -0.457 e. The SMILES string of the molecule is CC1(C)C(=O)N(c2ccc3c(c2)COC3=O)C(=S)N1CCCCCI. The monoisotopic (exact) mass is 472 g/mol. The summed E-state index contributed by atoms with van der Waals surface area (Å²) in [6.45, 7) is 4.86. The third-order valence-corrected chi connectivity index (χ3v) is 5.93. The molecular formula is C18H21IN2O3S. The molecule has 1 aromatic rings. The van der Waals surface area contributed by atoms with Crippen LogP contribution in [0.5, 0.6) is 0 Å². The number of alkyl halides is 1. The molecule has 5 nitrogen and oxygen atoms in total. The number of benzene rings is 1. The van der Waals surface area contributed by atoms with Crippen LogP contribution in [0.2, 0.25) is 0 Å². The van der Waals surface area contributed by atoms with Gasteiger partial charge in [-0.1, -0.05) is 29.0 Å². The molecule has 0 saturated carbocycles. The number of hydrogen-bond donors (Lipinski definition) is 0. The fourth-order valence-electron chi connectivity index (χ4n) is 3.24. The lowest BCUT2D eigenvalue weighted by Crippen LogP contribution is -2.44. The van der Waals surface area contributed by atoms with Crippen LogP contribution in [0.4, 0.5) is 5.69 Å². The second kappa shape index (κ2) is 7.19. The molecular weight excluding hydrogens is 451 g/mol. The molecule has 0 atom stereocenters. The van der Waals surface area contributed by atoms with Crippen LogP contribution in [0.25, 0.3) is 0 Å². The van der Waals surface area contributed by atoms with Crippen LogP contribution < -0.4 is 4.90 Å². The fraction of sp³-hybridized carbons (Fsp3) is 0.500. The lowest BCUT2D eigenvalue weighted by atomic mass is 10.0. The van der Waals surface area contributed by atoms with Gasteiger partial charge in [-0.3, -0.25) is 9.69 Å². The van der Waals surface area contributed by atoms with Gasteiger partial charge in [-0.05, 0) is 61.5 Å². The highest BCUT2D eigenvalue weighted by atomic mass is 127. The molecule has 134 valence electrons. The minimum absolute atomic E-state index is 0.0309. The second-order valence-electron chi connectivity index (χ2n) is 6.80. The number of halogens is 1. The maximum absolute atomic E-state index is 13.0. The molecule has 0 bridgehead atoms. The summed E-state index contributed by atoms with van der Waals surface area (Å²) in [5, 5.41) is 0.537. The molecule has 25 heavy (non-hydrogen) atoms. The van der Waals surface area contributed by atoms with Crippen molar-refractivity contribution in [2.75, 3.05) is 15.9 Å². The lowest BCUT2D eigenvalue weighted by molar-refractivity contribution is -0.123. The summed E-state index contributed by atoms with van der Waals surface area (Å²) < 4.78 is 6.19. The Bertz CT molecular complexity index is 735. The van der Waals surface area contributed by atoms with E-state index in [-0.39, 0.29) is 18.5 Å². The number of carbonyl (C=O) groups is 2. The van der Waals surface area contributed by atoms with Crippen molar-refractivity contribution in [3.05, 3.63) is 29.3 Å². The van der Waals surface area contributed by atoms with E-state index in [2.05, 4.69) is 22.6 Å². The number of anilines is 1. The molecule has 0 aromatic heterocycles. The molecule has 0 spiro atoms. The van der Waals surface area contributed by atoms with Crippen LogP contribution in [-0.2, 0) is 16.1 Å². The number of unbranched alkanes of at least 4 members (excludes halogenated alkanes) is 2. The van der Waals surface area contributed by atoms with Gasteiger partial charge in [0.05, 0.1) is 11.3 Å². The maximum atomic E-state index is 13.0. The van der Waals surface area contributed by atoms with Crippen LogP contribution in [0.1, 0.15) is 49.0 Å². The third kappa shape index (κ3) is 3.28. The number of nitrogens with zero attached hydrogens (tertiary/aromatic N) is 2. The van der Waals surface area contributed by atoms with E-state index in [0.29, 0.717) is 16.4 Å². The predicted molar refractivity (Wildman–Crippen MR) is 109 cm³/mol. The first-order chi connectivity index (χ1) is 11.9. The number of carbonyl (C=O) groups excluding carboxylic acids is 2. The minimum atomic E-state index is -0.660. The van der Waals surface area contributed by atoms with Crippen molar-refractivity contribution >= 4 is 57.5 Å². The summed E-state index contributed by atoms with van der Waals surface area (Å²) in [6, 6.07) is 5.32. The third-order valence-electron chi connectivity index (χ3n) is 4.76. The summed E-state index contributed by atoms with van der Waals surface area (Å²) in [5.74, 6) is -0.342. The summed E-state index contributed by atoms with van der Waals surface area (Å²) in [4.78, 5) is 28.2. The van der Waals surface area contributed by atoms with E-state index in [1.165, 1.54) is 6.42 Å². The van der Waals surface area contributed by atoms with Gasteiger partial charge in [0.15, 0.2) is 5.11 Å². The standard InChI is InChI=1S/C18H21IN2O3S/c1-18(2)16(23)21(17(25)20(18)9-5-3-4-8-19)13-6-7-14-12(10-13)11-24-15(14)22/h6-7,10H,3-5,8-9,11H2,1-2H3. The van der Waals surface area contributed by atoms with E-state index < -0.39 is 5.54 Å². The molecule has 7 heteroatoms. The van der Waals surface area contributed by atoms with Crippen molar-refractivity contribution < 1.29 is 14.3 Å². The quantitative estimate of drug-likeness (QED) is 0.208. The van der Waals surface area contributed by atoms with Gasteiger partial charge in [0.2, 0.25) is 0 Å². The van der Waals surface area contributed by atoms with Gasteiger partial charge in [0.25, 0.3) is 5.91 Å². The zero-order valence-electron chi connectivity index (χ0n) is 14.4. The van der Waals surface area contributed by atoms with E-state index in [1.54, 1.807) is 17.0 Å². The van der Waals surface area contributed by atoms with Crippen LogP contribution in [0, 0.1) is 0 Å². The molecule has 0 radical (unpaired) electrons. The van der Waals surface area contributed by atoms with Gasteiger partial charge in [-0.25, -0.2) is 4.79 Å². The Hall–Kier alpha value is -1.22. The van der Waals surface area contributed by atoms with E-state index >= 15 is 0 Å². The second-order valence-corrected chi connectivity index (χ2v) is 8.24. The van der Waals surface area contributed by atoms with Crippen molar-refractivity contribution in [2.24, 2.45) is 0 Å². The zero-order chi connectivity index (χ0) is 18.2. The average Bonchev–Trinajstić information content (AvgIpc) is 3.02. The number of fused-ring (bicyclic) bond motifs is 1. The molecule has 0 aliphatic carbocycles. The Morgan fingerprint density at radius 1 is 1.24 bits per heavy atom. The smallest absolute Gasteiger partial charge is 0.338 e. The Labute approximate surface area is 166 Å². The van der Waals surface area contributed by atoms with Gasteiger partial charge < -0.3 is 9.64 Å². The van der Waals surface area contributed by atoms with E-state index in [4.69, 9.17) is 17.0 Å². The van der Waals surface area contributed by atoms with Crippen LogP contribution >= 0.6 is 34.8 Å². The fourth-order valence-corrected chi connectivity index (χ4v) is 4.29. The van der Waals surface area contributed by atoms with Crippen LogP contribution in [0.3, 0.4) is 0 Å². The van der Waals surface area contributed by atoms with Crippen molar-refractivity contribution in [1.82, 2.24) is 4.90 Å². The highest BCUT2D eigenvalue weighted by molar-refractivity contribution is 14.1. The number of rotatable bonds is 6. The Kier molecular flexibility index (Phi) is 5.34. The molecule has 2 aliphatic heterocycles. The largest absolute Gasteiger partial charge is 0.457 e. The molecule has 1 fully saturated rings. The van der Waals surface area contributed by atoms with Gasteiger partial charge in [0, 0.05) is 12.1 Å². The maximum Gasteiger partial charge on any atom is 0.338 e. The van der Waals surface area contributed by atoms with E-state index in [9.17, 15) is 9.59 Å². The average molecular weight is 472 g/mol. The summed E-state index contributed by atoms with van der Waals surface area (Å²) in [6.07, 6.45) is 3.32. The number of thiocarbonyl (C=S) groups is 1. The molecule has 1 aromatic carbocycles. The Morgan fingerprint density at radius 2 is 2.00 bits per heavy atom. The van der Waals surface area contributed by atoms with Crippen molar-refractivity contribution in [1.29, 1.82) is 0 Å². The van der Waals surface area contributed by atoms with Crippen molar-refractivity contribution in [3.8, 4) is 0 Å². The number of cyclic esters (lactones) is 1. The highest BCUT2D eigenvalue weighted by Gasteiger charge is 2.49. The number of amides is 1. The first-order valence-electron chi connectivity index (χ1n) is 8.40. The summed E-state index contributed by atoms with van der Waals surface area (Å²) in [7, 11) is 0. The van der Waals surface area contributed by atoms with Gasteiger partial charge in [-0.2, -0.15) is 0 Å². The predicted octanol–water partition coefficient (Wildman–Crippen LogP) is 3.67. The number of hydrogen-bond acceptors (Lipinski definition) is 4. The molecule has 2 aliphatic rings. The molecule has 0 N–H and O–H groups in total. The van der Waals surface area contributed by atoms with Crippen LogP contribution in [-0.4, -0.2) is 38.4 Å². The first-order valence-corrected chi connectivity index (χ1v) is 10.3. The normalized spacial score (nSPS) is 18.8. The Morgan fingerprint density at radius 3 is 2.72 bits per heavy atom. The Balaban J connectivity index is 1.84. The molecule has 1 amide bonds. The van der Waals surface area contributed by atoms with Gasteiger partial charge in [-0.15, -0.1) is 0 Å². The molecule has 1 saturated heterocycles. The van der Waals surface area contributed by atoms with Crippen molar-refractivity contribution in [2.45, 2.75) is 45.3 Å². The first kappa shape index (κ1) is 18.6. The highest BCUT2D eigenvalue weighted by Crippen LogP contribution is 2.34. The van der Waals surface area contributed by atoms with E-state index in [1.807, 2.05) is 24.8 Å². The summed E-state index contributed by atoms with van der Waals surface area (Å²) >= 11 is 8.01.